The third-order valence-corrected chi connectivity index (χ3v) is 7.59. The highest BCUT2D eigenvalue weighted by molar-refractivity contribution is 5.88. The van der Waals surface area contributed by atoms with E-state index in [0.29, 0.717) is 18.4 Å². The molecule has 1 aromatic heterocycles. The van der Waals surface area contributed by atoms with Gasteiger partial charge in [0.25, 0.3) is 0 Å². The number of unbranched alkanes of at least 4 members (excludes halogenated alkanes) is 1. The Bertz CT molecular complexity index is 1250. The van der Waals surface area contributed by atoms with E-state index in [4.69, 9.17) is 9.15 Å². The molecule has 1 heterocycles. The molecule has 0 fully saturated rings. The van der Waals surface area contributed by atoms with Crippen LogP contribution in [0.2, 0.25) is 0 Å². The van der Waals surface area contributed by atoms with Gasteiger partial charge in [0.1, 0.15) is 17.8 Å². The third kappa shape index (κ3) is 6.10. The van der Waals surface area contributed by atoms with Gasteiger partial charge in [-0.3, -0.25) is 0 Å². The van der Waals surface area contributed by atoms with E-state index in [1.807, 2.05) is 12.1 Å². The number of rotatable bonds is 10. The molecule has 198 valence electrons. The Morgan fingerprint density at radius 1 is 1.00 bits per heavy atom. The van der Waals surface area contributed by atoms with E-state index in [2.05, 4.69) is 71.1 Å². The molecule has 0 saturated carbocycles. The molecule has 0 unspecified atom stereocenters. The summed E-state index contributed by atoms with van der Waals surface area (Å²) in [5.41, 5.74) is 5.94. The first-order valence-corrected chi connectivity index (χ1v) is 13.5. The summed E-state index contributed by atoms with van der Waals surface area (Å²) in [6, 6.07) is 14.7. The largest absolute Gasteiger partial charge is 0.493 e. The van der Waals surface area contributed by atoms with E-state index in [1.165, 1.54) is 17.4 Å². The fraction of sp³-hybridized carbons (Fsp3) is 0.469. The second kappa shape index (κ2) is 10.7. The zero-order chi connectivity index (χ0) is 26.8. The van der Waals surface area contributed by atoms with Crippen LogP contribution in [0.25, 0.3) is 22.5 Å². The number of ether oxygens (including phenoxy) is 1. The predicted octanol–water partition coefficient (Wildman–Crippen LogP) is 7.82. The molecule has 5 heteroatoms. The molecule has 0 bridgehead atoms. The summed E-state index contributed by atoms with van der Waals surface area (Å²) in [6.07, 6.45) is 5.62. The molecule has 0 atom stereocenters. The number of nitrogens with one attached hydrogen (secondary N) is 1. The molecule has 1 aliphatic rings. The number of furan rings is 1. The zero-order valence-electron chi connectivity index (χ0n) is 23.1. The summed E-state index contributed by atoms with van der Waals surface area (Å²) >= 11 is 0. The van der Waals surface area contributed by atoms with Crippen LogP contribution in [0.5, 0.6) is 5.75 Å². The van der Waals surface area contributed by atoms with Crippen LogP contribution in [0.4, 0.5) is 0 Å². The van der Waals surface area contributed by atoms with E-state index < -0.39 is 5.97 Å². The normalized spacial score (nSPS) is 16.0. The van der Waals surface area contributed by atoms with Crippen LogP contribution in [-0.4, -0.2) is 30.3 Å². The monoisotopic (exact) mass is 503 g/mol. The average Bonchev–Trinajstić information content (AvgIpc) is 3.35. The number of benzene rings is 2. The maximum Gasteiger partial charge on any atom is 0.338 e. The van der Waals surface area contributed by atoms with Gasteiger partial charge in [-0.2, -0.15) is 0 Å². The average molecular weight is 504 g/mol. The summed E-state index contributed by atoms with van der Waals surface area (Å²) in [7, 11) is 0. The van der Waals surface area contributed by atoms with Gasteiger partial charge < -0.3 is 19.6 Å². The lowest BCUT2D eigenvalue weighted by atomic mass is 9.62. The van der Waals surface area contributed by atoms with Gasteiger partial charge in [-0.15, -0.1) is 0 Å². The van der Waals surface area contributed by atoms with E-state index in [0.717, 1.165) is 54.7 Å². The number of carboxylic acid groups (broad SMARTS) is 1. The minimum Gasteiger partial charge on any atom is -0.493 e. The summed E-state index contributed by atoms with van der Waals surface area (Å²) in [4.78, 5) is 11.3. The second-order valence-corrected chi connectivity index (χ2v) is 11.9. The van der Waals surface area contributed by atoms with Crippen molar-refractivity contribution in [2.24, 2.45) is 0 Å². The quantitative estimate of drug-likeness (QED) is 0.276. The number of fused-ring (bicyclic) bond motifs is 1. The fourth-order valence-electron chi connectivity index (χ4n) is 5.26. The molecule has 4 rings (SSSR count). The minimum absolute atomic E-state index is 0.0428. The lowest BCUT2D eigenvalue weighted by molar-refractivity contribution is 0.0696. The van der Waals surface area contributed by atoms with Crippen molar-refractivity contribution >= 4 is 5.97 Å². The van der Waals surface area contributed by atoms with Gasteiger partial charge in [0.05, 0.1) is 12.2 Å². The molecule has 0 amide bonds. The van der Waals surface area contributed by atoms with Gasteiger partial charge in [-0.1, -0.05) is 65.8 Å². The van der Waals surface area contributed by atoms with Crippen LogP contribution >= 0.6 is 0 Å². The van der Waals surface area contributed by atoms with Crippen LogP contribution in [0.15, 0.2) is 53.1 Å². The van der Waals surface area contributed by atoms with Crippen LogP contribution in [0.1, 0.15) is 88.7 Å². The second-order valence-electron chi connectivity index (χ2n) is 11.9. The maximum absolute atomic E-state index is 11.3. The maximum atomic E-state index is 11.3. The number of carbonyl (C=O) groups is 1. The molecule has 0 aliphatic heterocycles. The van der Waals surface area contributed by atoms with Crippen molar-refractivity contribution in [1.29, 1.82) is 0 Å². The van der Waals surface area contributed by atoms with E-state index in [1.54, 1.807) is 6.07 Å². The number of aromatic carboxylic acids is 1. The van der Waals surface area contributed by atoms with Crippen molar-refractivity contribution in [3.63, 3.8) is 0 Å². The van der Waals surface area contributed by atoms with Crippen molar-refractivity contribution < 1.29 is 19.1 Å². The topological polar surface area (TPSA) is 71.7 Å². The van der Waals surface area contributed by atoms with Crippen molar-refractivity contribution in [3.8, 4) is 28.2 Å². The van der Waals surface area contributed by atoms with Crippen molar-refractivity contribution in [1.82, 2.24) is 5.32 Å². The SMILES string of the molecule is CC(C)NCCCCOc1cc(-c2cccc(-c3cc(C(=O)O)co3)c2)cc2c1C(C)(C)CCC2(C)C. The molecular weight excluding hydrogens is 462 g/mol. The summed E-state index contributed by atoms with van der Waals surface area (Å²) in [5, 5.41) is 12.8. The minimum atomic E-state index is -0.993. The van der Waals surface area contributed by atoms with Gasteiger partial charge in [0.15, 0.2) is 0 Å². The lowest BCUT2D eigenvalue weighted by Crippen LogP contribution is -2.34. The predicted molar refractivity (Wildman–Crippen MR) is 150 cm³/mol. The number of hydrogen-bond acceptors (Lipinski definition) is 4. The van der Waals surface area contributed by atoms with Crippen LogP contribution < -0.4 is 10.1 Å². The van der Waals surface area contributed by atoms with E-state index in [-0.39, 0.29) is 16.4 Å². The first-order valence-electron chi connectivity index (χ1n) is 13.5. The standard InChI is InChI=1S/C32H41NO4/c1-21(2)33-14-7-8-15-36-28-18-24(17-26-29(28)32(5,6)13-12-31(26,3)4)22-10-9-11-23(16-22)27-19-25(20-37-27)30(34)35/h9-11,16-21,33H,7-8,12-15H2,1-6H3,(H,34,35). The van der Waals surface area contributed by atoms with Crippen LogP contribution in [0, 0.1) is 0 Å². The number of hydrogen-bond donors (Lipinski definition) is 2. The molecule has 5 nitrogen and oxygen atoms in total. The Labute approximate surface area is 221 Å². The summed E-state index contributed by atoms with van der Waals surface area (Å²) in [6.45, 7) is 15.4. The highest BCUT2D eigenvalue weighted by Crippen LogP contribution is 2.51. The Balaban J connectivity index is 1.69. The summed E-state index contributed by atoms with van der Waals surface area (Å²) < 4.78 is 12.1. The first kappa shape index (κ1) is 27.0. The molecule has 2 N–H and O–H groups in total. The van der Waals surface area contributed by atoms with Gasteiger partial charge in [0.2, 0.25) is 0 Å². The molecule has 37 heavy (non-hydrogen) atoms. The Hall–Kier alpha value is -3.05. The van der Waals surface area contributed by atoms with Crippen LogP contribution in [-0.2, 0) is 10.8 Å². The van der Waals surface area contributed by atoms with E-state index >= 15 is 0 Å². The van der Waals surface area contributed by atoms with Crippen LogP contribution in [0.3, 0.4) is 0 Å². The third-order valence-electron chi connectivity index (χ3n) is 7.59. The Kier molecular flexibility index (Phi) is 7.84. The molecule has 0 spiro atoms. The highest BCUT2D eigenvalue weighted by atomic mass is 16.5. The molecule has 0 radical (unpaired) electrons. The van der Waals surface area contributed by atoms with Gasteiger partial charge in [0, 0.05) is 17.2 Å². The molecule has 1 aliphatic carbocycles. The van der Waals surface area contributed by atoms with Crippen molar-refractivity contribution in [2.45, 2.75) is 84.1 Å². The molecule has 0 saturated heterocycles. The Morgan fingerprint density at radius 2 is 1.73 bits per heavy atom. The number of carboxylic acids is 1. The van der Waals surface area contributed by atoms with E-state index in [9.17, 15) is 9.90 Å². The lowest BCUT2D eigenvalue weighted by Gasteiger charge is -2.43. The first-order chi connectivity index (χ1) is 17.5. The smallest absolute Gasteiger partial charge is 0.338 e. The highest BCUT2D eigenvalue weighted by Gasteiger charge is 2.39. The molecule has 3 aromatic rings. The van der Waals surface area contributed by atoms with Gasteiger partial charge in [-0.25, -0.2) is 4.79 Å². The zero-order valence-corrected chi connectivity index (χ0v) is 23.1. The van der Waals surface area contributed by atoms with Crippen molar-refractivity contribution in [3.05, 3.63) is 65.4 Å². The molecular formula is C32H41NO4. The summed E-state index contributed by atoms with van der Waals surface area (Å²) in [5.74, 6) is 0.538. The molecule has 2 aromatic carbocycles. The van der Waals surface area contributed by atoms with Gasteiger partial charge >= 0.3 is 5.97 Å². The Morgan fingerprint density at radius 3 is 2.43 bits per heavy atom. The van der Waals surface area contributed by atoms with Gasteiger partial charge in [-0.05, 0) is 77.9 Å². The fourth-order valence-corrected chi connectivity index (χ4v) is 5.26. The van der Waals surface area contributed by atoms with Crippen molar-refractivity contribution in [2.75, 3.05) is 13.2 Å².